The molecule has 1 unspecified atom stereocenters. The molecular formula is C24H21N3O3. The van der Waals surface area contributed by atoms with E-state index in [1.54, 1.807) is 37.3 Å². The highest BCUT2D eigenvalue weighted by atomic mass is 16.5. The number of carbonyl (C=O) groups excluding carboxylic acids is 2. The van der Waals surface area contributed by atoms with Crippen molar-refractivity contribution in [2.75, 3.05) is 5.32 Å². The Morgan fingerprint density at radius 1 is 1.00 bits per heavy atom. The molecule has 0 saturated heterocycles. The number of carbonyl (C=O) groups is 2. The van der Waals surface area contributed by atoms with Gasteiger partial charge in [-0.25, -0.2) is 9.78 Å². The zero-order valence-corrected chi connectivity index (χ0v) is 16.5. The number of nitrogens with one attached hydrogen (secondary N) is 2. The molecule has 0 radical (unpaired) electrons. The molecule has 0 spiro atoms. The Kier molecular flexibility index (Phi) is 5.57. The largest absolute Gasteiger partial charge is 0.449 e. The number of anilines is 1. The molecule has 6 nitrogen and oxygen atoms in total. The SMILES string of the molecule is CCC(OC(=O)c1ccc2nc(-c3ccccc3)[nH]c2c1)C(=O)Nc1ccccc1. The Bertz CT molecular complexity index is 1170. The van der Waals surface area contributed by atoms with Crippen LogP contribution < -0.4 is 5.32 Å². The van der Waals surface area contributed by atoms with E-state index in [0.29, 0.717) is 17.7 Å². The smallest absolute Gasteiger partial charge is 0.338 e. The Morgan fingerprint density at radius 2 is 1.70 bits per heavy atom. The van der Waals surface area contributed by atoms with Gasteiger partial charge in [-0.2, -0.15) is 0 Å². The number of esters is 1. The highest BCUT2D eigenvalue weighted by molar-refractivity contribution is 5.98. The molecule has 1 heterocycles. The monoisotopic (exact) mass is 399 g/mol. The van der Waals surface area contributed by atoms with Crippen molar-refractivity contribution in [2.24, 2.45) is 0 Å². The summed E-state index contributed by atoms with van der Waals surface area (Å²) in [4.78, 5) is 32.9. The summed E-state index contributed by atoms with van der Waals surface area (Å²) in [5, 5.41) is 2.77. The third-order valence-electron chi connectivity index (χ3n) is 4.72. The summed E-state index contributed by atoms with van der Waals surface area (Å²) in [7, 11) is 0. The number of aromatic amines is 1. The Labute approximate surface area is 173 Å². The molecule has 1 atom stereocenters. The second-order valence-electron chi connectivity index (χ2n) is 6.84. The fraction of sp³-hybridized carbons (Fsp3) is 0.125. The number of para-hydroxylation sites is 1. The van der Waals surface area contributed by atoms with E-state index in [0.717, 1.165) is 22.4 Å². The van der Waals surface area contributed by atoms with Crippen LogP contribution in [0.1, 0.15) is 23.7 Å². The summed E-state index contributed by atoms with van der Waals surface area (Å²) in [5.74, 6) is -0.182. The average Bonchev–Trinajstić information content (AvgIpc) is 3.22. The van der Waals surface area contributed by atoms with Gasteiger partial charge < -0.3 is 15.0 Å². The van der Waals surface area contributed by atoms with Crippen LogP contribution in [0, 0.1) is 0 Å². The quantitative estimate of drug-likeness (QED) is 0.456. The van der Waals surface area contributed by atoms with Crippen molar-refractivity contribution in [3.63, 3.8) is 0 Å². The molecule has 0 aliphatic carbocycles. The summed E-state index contributed by atoms with van der Waals surface area (Å²) in [5.41, 5.74) is 3.45. The molecule has 0 aliphatic rings. The topological polar surface area (TPSA) is 84.1 Å². The van der Waals surface area contributed by atoms with Crippen LogP contribution in [0.4, 0.5) is 5.69 Å². The van der Waals surface area contributed by atoms with Crippen molar-refractivity contribution in [1.29, 1.82) is 0 Å². The summed E-state index contributed by atoms with van der Waals surface area (Å²) < 4.78 is 5.47. The van der Waals surface area contributed by atoms with Gasteiger partial charge in [0.25, 0.3) is 5.91 Å². The molecule has 30 heavy (non-hydrogen) atoms. The first-order valence-corrected chi connectivity index (χ1v) is 9.76. The molecule has 1 aromatic heterocycles. The van der Waals surface area contributed by atoms with Gasteiger partial charge in [0.1, 0.15) is 5.82 Å². The van der Waals surface area contributed by atoms with Crippen LogP contribution in [0.5, 0.6) is 0 Å². The number of nitrogens with zero attached hydrogens (tertiary/aromatic N) is 1. The number of ether oxygens (including phenoxy) is 1. The van der Waals surface area contributed by atoms with Crippen molar-refractivity contribution in [3.05, 3.63) is 84.4 Å². The lowest BCUT2D eigenvalue weighted by Gasteiger charge is -2.16. The van der Waals surface area contributed by atoms with Gasteiger partial charge in [-0.1, -0.05) is 55.5 Å². The normalized spacial score (nSPS) is 11.8. The van der Waals surface area contributed by atoms with Crippen LogP contribution in [-0.4, -0.2) is 27.9 Å². The molecule has 0 saturated carbocycles. The molecule has 0 bridgehead atoms. The van der Waals surface area contributed by atoms with Gasteiger partial charge in [-0.3, -0.25) is 4.79 Å². The number of hydrogen-bond donors (Lipinski definition) is 2. The third kappa shape index (κ3) is 4.22. The second-order valence-corrected chi connectivity index (χ2v) is 6.84. The predicted molar refractivity (Wildman–Crippen MR) is 116 cm³/mol. The molecular weight excluding hydrogens is 378 g/mol. The van der Waals surface area contributed by atoms with Gasteiger partial charge in [0.2, 0.25) is 0 Å². The van der Waals surface area contributed by atoms with Crippen molar-refractivity contribution in [1.82, 2.24) is 9.97 Å². The number of imidazole rings is 1. The Morgan fingerprint density at radius 3 is 2.40 bits per heavy atom. The first kappa shape index (κ1) is 19.4. The van der Waals surface area contributed by atoms with Crippen LogP contribution in [0.3, 0.4) is 0 Å². The summed E-state index contributed by atoms with van der Waals surface area (Å²) in [6, 6.07) is 23.9. The minimum Gasteiger partial charge on any atom is -0.449 e. The number of amides is 1. The molecule has 1 amide bonds. The first-order valence-electron chi connectivity index (χ1n) is 9.76. The fourth-order valence-corrected chi connectivity index (χ4v) is 3.13. The number of aromatic nitrogens is 2. The van der Waals surface area contributed by atoms with Gasteiger partial charge in [0.15, 0.2) is 6.10 Å². The lowest BCUT2D eigenvalue weighted by atomic mass is 10.2. The molecule has 0 aliphatic heterocycles. The van der Waals surface area contributed by atoms with E-state index in [9.17, 15) is 9.59 Å². The van der Waals surface area contributed by atoms with Crippen molar-refractivity contribution < 1.29 is 14.3 Å². The Balaban J connectivity index is 1.50. The highest BCUT2D eigenvalue weighted by Gasteiger charge is 2.22. The molecule has 0 fully saturated rings. The van der Waals surface area contributed by atoms with Crippen molar-refractivity contribution >= 4 is 28.6 Å². The second kappa shape index (κ2) is 8.61. The summed E-state index contributed by atoms with van der Waals surface area (Å²) >= 11 is 0. The van der Waals surface area contributed by atoms with E-state index in [1.807, 2.05) is 48.5 Å². The van der Waals surface area contributed by atoms with Crippen molar-refractivity contribution in [3.8, 4) is 11.4 Å². The Hall–Kier alpha value is -3.93. The fourth-order valence-electron chi connectivity index (χ4n) is 3.13. The highest BCUT2D eigenvalue weighted by Crippen LogP contribution is 2.22. The van der Waals surface area contributed by atoms with Crippen LogP contribution in [0.15, 0.2) is 78.9 Å². The lowest BCUT2D eigenvalue weighted by molar-refractivity contribution is -0.124. The summed E-state index contributed by atoms with van der Waals surface area (Å²) in [6.07, 6.45) is -0.510. The van der Waals surface area contributed by atoms with E-state index in [4.69, 9.17) is 4.74 Å². The molecule has 3 aromatic carbocycles. The van der Waals surface area contributed by atoms with E-state index in [1.165, 1.54) is 0 Å². The van der Waals surface area contributed by atoms with Crippen LogP contribution >= 0.6 is 0 Å². The van der Waals surface area contributed by atoms with E-state index >= 15 is 0 Å². The number of hydrogen-bond acceptors (Lipinski definition) is 4. The van der Waals surface area contributed by atoms with Crippen LogP contribution in [0.25, 0.3) is 22.4 Å². The standard InChI is InChI=1S/C24H21N3O3/c1-2-21(23(28)25-18-11-7-4-8-12-18)30-24(29)17-13-14-19-20(15-17)27-22(26-19)16-9-5-3-6-10-16/h3-15,21H,2H2,1H3,(H,25,28)(H,26,27). The average molecular weight is 399 g/mol. The molecule has 150 valence electrons. The number of H-pyrrole nitrogens is 1. The summed E-state index contributed by atoms with van der Waals surface area (Å²) in [6.45, 7) is 1.80. The van der Waals surface area contributed by atoms with Crippen molar-refractivity contribution in [2.45, 2.75) is 19.4 Å². The van der Waals surface area contributed by atoms with E-state index < -0.39 is 12.1 Å². The zero-order valence-electron chi connectivity index (χ0n) is 16.5. The minimum atomic E-state index is -0.880. The third-order valence-corrected chi connectivity index (χ3v) is 4.72. The first-order chi connectivity index (χ1) is 14.6. The van der Waals surface area contributed by atoms with E-state index in [2.05, 4.69) is 15.3 Å². The number of rotatable bonds is 6. The zero-order chi connectivity index (χ0) is 20.9. The maximum absolute atomic E-state index is 12.7. The number of benzene rings is 3. The van der Waals surface area contributed by atoms with Gasteiger partial charge in [0.05, 0.1) is 16.6 Å². The minimum absolute atomic E-state index is 0.356. The van der Waals surface area contributed by atoms with Gasteiger partial charge in [0, 0.05) is 11.3 Å². The lowest BCUT2D eigenvalue weighted by Crippen LogP contribution is -2.32. The van der Waals surface area contributed by atoms with Gasteiger partial charge in [-0.15, -0.1) is 0 Å². The van der Waals surface area contributed by atoms with Gasteiger partial charge in [-0.05, 0) is 36.8 Å². The predicted octanol–water partition coefficient (Wildman–Crippen LogP) is 4.80. The molecule has 6 heteroatoms. The maximum Gasteiger partial charge on any atom is 0.338 e. The van der Waals surface area contributed by atoms with Gasteiger partial charge >= 0.3 is 5.97 Å². The van der Waals surface area contributed by atoms with Crippen LogP contribution in [-0.2, 0) is 9.53 Å². The maximum atomic E-state index is 12.7. The van der Waals surface area contributed by atoms with Crippen LogP contribution in [0.2, 0.25) is 0 Å². The molecule has 4 rings (SSSR count). The van der Waals surface area contributed by atoms with E-state index in [-0.39, 0.29) is 5.91 Å². The number of fused-ring (bicyclic) bond motifs is 1. The molecule has 4 aromatic rings. The molecule has 2 N–H and O–H groups in total.